The quantitative estimate of drug-likeness (QED) is 0.151. The normalized spacial score (nSPS) is 15.6. The van der Waals surface area contributed by atoms with Crippen LogP contribution in [-0.2, 0) is 23.7 Å². The van der Waals surface area contributed by atoms with E-state index in [1.165, 1.54) is 18.2 Å². The van der Waals surface area contributed by atoms with Crippen molar-refractivity contribution < 1.29 is 52.7 Å². The van der Waals surface area contributed by atoms with Gasteiger partial charge in [-0.2, -0.15) is 0 Å². The number of carbonyl (C=O) groups is 4. The molecule has 0 saturated heterocycles. The molecule has 0 heterocycles. The standard InChI is InChI=1S/C29H45NO11/c1-10-18(7)37-27(33)36-14-17(6)24(25(30)26(31)32)21-11-12-22(40-28(34)38-19(8)15(2)3)23(13-21)41-29(35)39-20(9)16(4)5/h11-13,15-20,24-25H,10,14,30H2,1-9H3,(H,31,32)/t17?,18?,19?,20?,24?,25-/m0/s1. The molecule has 41 heavy (non-hydrogen) atoms. The van der Waals surface area contributed by atoms with E-state index < -0.39 is 54.5 Å². The van der Waals surface area contributed by atoms with E-state index >= 15 is 0 Å². The summed E-state index contributed by atoms with van der Waals surface area (Å²) in [6.07, 6.45) is -3.65. The number of rotatable bonds is 14. The molecule has 0 aliphatic heterocycles. The summed E-state index contributed by atoms with van der Waals surface area (Å²) in [6.45, 7) is 15.9. The molecule has 232 valence electrons. The summed E-state index contributed by atoms with van der Waals surface area (Å²) >= 11 is 0. The molecule has 0 fully saturated rings. The van der Waals surface area contributed by atoms with Crippen LogP contribution in [0.25, 0.3) is 0 Å². The Morgan fingerprint density at radius 2 is 1.29 bits per heavy atom. The Morgan fingerprint density at radius 1 is 0.780 bits per heavy atom. The average Bonchev–Trinajstić information content (AvgIpc) is 2.88. The van der Waals surface area contributed by atoms with Crippen molar-refractivity contribution in [2.45, 2.75) is 99.0 Å². The number of carbonyl (C=O) groups excluding carboxylic acids is 3. The van der Waals surface area contributed by atoms with Crippen molar-refractivity contribution >= 4 is 24.4 Å². The SMILES string of the molecule is CCC(C)OC(=O)OCC(C)C(c1ccc(OC(=O)OC(C)C(C)C)c(OC(=O)OC(C)C(C)C)c1)[C@H](N)C(=O)O. The predicted octanol–water partition coefficient (Wildman–Crippen LogP) is 5.89. The van der Waals surface area contributed by atoms with Gasteiger partial charge in [0.05, 0.1) is 6.61 Å². The van der Waals surface area contributed by atoms with Gasteiger partial charge in [-0.05, 0) is 62.6 Å². The van der Waals surface area contributed by atoms with E-state index in [9.17, 15) is 24.3 Å². The van der Waals surface area contributed by atoms with Crippen LogP contribution in [0, 0.1) is 17.8 Å². The zero-order valence-corrected chi connectivity index (χ0v) is 25.4. The first-order valence-corrected chi connectivity index (χ1v) is 13.8. The minimum atomic E-state index is -1.43. The number of carboxylic acid groups (broad SMARTS) is 1. The highest BCUT2D eigenvalue weighted by Crippen LogP contribution is 2.36. The Labute approximate surface area is 241 Å². The minimum Gasteiger partial charge on any atom is -0.480 e. The molecule has 0 bridgehead atoms. The summed E-state index contributed by atoms with van der Waals surface area (Å²) < 4.78 is 31.6. The summed E-state index contributed by atoms with van der Waals surface area (Å²) in [5.41, 5.74) is 6.37. The topological polar surface area (TPSA) is 170 Å². The van der Waals surface area contributed by atoms with Gasteiger partial charge in [-0.3, -0.25) is 4.79 Å². The largest absolute Gasteiger partial charge is 0.514 e. The molecule has 0 spiro atoms. The molecule has 0 saturated carbocycles. The van der Waals surface area contributed by atoms with Gasteiger partial charge in [0.1, 0.15) is 24.4 Å². The van der Waals surface area contributed by atoms with Crippen molar-refractivity contribution in [1.82, 2.24) is 0 Å². The van der Waals surface area contributed by atoms with E-state index in [0.717, 1.165) is 0 Å². The van der Waals surface area contributed by atoms with Crippen LogP contribution in [0.5, 0.6) is 11.5 Å². The summed E-state index contributed by atoms with van der Waals surface area (Å²) in [5, 5.41) is 9.71. The van der Waals surface area contributed by atoms with Gasteiger partial charge in [-0.25, -0.2) is 14.4 Å². The van der Waals surface area contributed by atoms with Crippen molar-refractivity contribution in [1.29, 1.82) is 0 Å². The Bertz CT molecular complexity index is 1030. The molecule has 1 aromatic carbocycles. The van der Waals surface area contributed by atoms with Crippen molar-refractivity contribution in [2.75, 3.05) is 6.61 Å². The smallest absolute Gasteiger partial charge is 0.480 e. The fourth-order valence-electron chi connectivity index (χ4n) is 3.33. The second-order valence-electron chi connectivity index (χ2n) is 10.8. The van der Waals surface area contributed by atoms with Crippen LogP contribution in [0.3, 0.4) is 0 Å². The summed E-state index contributed by atoms with van der Waals surface area (Å²) in [5.74, 6) is -3.19. The molecule has 0 aliphatic carbocycles. The van der Waals surface area contributed by atoms with Crippen LogP contribution in [0.4, 0.5) is 14.4 Å². The molecule has 12 heteroatoms. The first-order chi connectivity index (χ1) is 19.1. The van der Waals surface area contributed by atoms with Gasteiger partial charge in [0.25, 0.3) is 0 Å². The lowest BCUT2D eigenvalue weighted by Gasteiger charge is -2.28. The van der Waals surface area contributed by atoms with Gasteiger partial charge < -0.3 is 39.3 Å². The number of hydrogen-bond acceptors (Lipinski definition) is 11. The fourth-order valence-corrected chi connectivity index (χ4v) is 3.33. The molecule has 1 aromatic rings. The lowest BCUT2D eigenvalue weighted by Crippen LogP contribution is -2.40. The first-order valence-electron chi connectivity index (χ1n) is 13.8. The molecule has 3 N–H and O–H groups in total. The lowest BCUT2D eigenvalue weighted by atomic mass is 9.82. The molecule has 6 atom stereocenters. The number of ether oxygens (including phenoxy) is 6. The molecule has 0 radical (unpaired) electrons. The van der Waals surface area contributed by atoms with Gasteiger partial charge in [0.15, 0.2) is 11.5 Å². The number of carboxylic acids is 1. The molecule has 5 unspecified atom stereocenters. The first kappa shape index (κ1) is 35.5. The second kappa shape index (κ2) is 16.7. The van der Waals surface area contributed by atoms with Crippen LogP contribution in [-0.4, -0.2) is 60.5 Å². The van der Waals surface area contributed by atoms with Crippen LogP contribution in [0.1, 0.15) is 80.2 Å². The summed E-state index contributed by atoms with van der Waals surface area (Å²) in [7, 11) is 0. The molecular formula is C29H45NO11. The highest BCUT2D eigenvalue weighted by Gasteiger charge is 2.33. The Kier molecular flexibility index (Phi) is 14.4. The number of aliphatic carboxylic acids is 1. The third kappa shape index (κ3) is 11.8. The Balaban J connectivity index is 3.38. The number of nitrogens with two attached hydrogens (primary N) is 1. The summed E-state index contributed by atoms with van der Waals surface area (Å²) in [4.78, 5) is 48.9. The number of benzene rings is 1. The predicted molar refractivity (Wildman–Crippen MR) is 149 cm³/mol. The van der Waals surface area contributed by atoms with Gasteiger partial charge in [-0.15, -0.1) is 0 Å². The van der Waals surface area contributed by atoms with Gasteiger partial charge >= 0.3 is 24.4 Å². The van der Waals surface area contributed by atoms with E-state index in [2.05, 4.69) is 0 Å². The molecular weight excluding hydrogens is 538 g/mol. The van der Waals surface area contributed by atoms with E-state index in [1.54, 1.807) is 27.7 Å². The van der Waals surface area contributed by atoms with Crippen LogP contribution >= 0.6 is 0 Å². The van der Waals surface area contributed by atoms with E-state index in [-0.39, 0.29) is 36.0 Å². The third-order valence-corrected chi connectivity index (χ3v) is 6.80. The third-order valence-electron chi connectivity index (χ3n) is 6.80. The van der Waals surface area contributed by atoms with Crippen LogP contribution < -0.4 is 15.2 Å². The fraction of sp³-hybridized carbons (Fsp3) is 0.655. The van der Waals surface area contributed by atoms with E-state index in [0.29, 0.717) is 12.0 Å². The second-order valence-corrected chi connectivity index (χ2v) is 10.8. The van der Waals surface area contributed by atoms with Gasteiger partial charge in [-0.1, -0.05) is 47.6 Å². The number of hydrogen-bond donors (Lipinski definition) is 2. The molecule has 1 rings (SSSR count). The minimum absolute atomic E-state index is 0.00269. The average molecular weight is 584 g/mol. The molecule has 0 amide bonds. The molecule has 12 nitrogen and oxygen atoms in total. The van der Waals surface area contributed by atoms with Crippen LogP contribution in [0.15, 0.2) is 18.2 Å². The molecule has 0 aromatic heterocycles. The van der Waals surface area contributed by atoms with E-state index in [1.807, 2.05) is 34.6 Å². The zero-order valence-electron chi connectivity index (χ0n) is 25.4. The van der Waals surface area contributed by atoms with Crippen molar-refractivity contribution in [3.05, 3.63) is 23.8 Å². The maximum atomic E-state index is 12.6. The van der Waals surface area contributed by atoms with Gasteiger partial charge in [0, 0.05) is 5.92 Å². The molecule has 0 aliphatic rings. The summed E-state index contributed by atoms with van der Waals surface area (Å²) in [6, 6.07) is 2.71. The highest BCUT2D eigenvalue weighted by atomic mass is 16.8. The van der Waals surface area contributed by atoms with Gasteiger partial charge in [0.2, 0.25) is 0 Å². The Hall–Kier alpha value is -3.54. The zero-order chi connectivity index (χ0) is 31.4. The van der Waals surface area contributed by atoms with Crippen LogP contribution in [0.2, 0.25) is 0 Å². The van der Waals surface area contributed by atoms with E-state index in [4.69, 9.17) is 34.2 Å². The van der Waals surface area contributed by atoms with Crippen molar-refractivity contribution in [2.24, 2.45) is 23.5 Å². The highest BCUT2D eigenvalue weighted by molar-refractivity contribution is 5.75. The Morgan fingerprint density at radius 3 is 1.76 bits per heavy atom. The lowest BCUT2D eigenvalue weighted by molar-refractivity contribution is -0.139. The maximum absolute atomic E-state index is 12.6. The maximum Gasteiger partial charge on any atom is 0.514 e. The van der Waals surface area contributed by atoms with Crippen molar-refractivity contribution in [3.63, 3.8) is 0 Å². The monoisotopic (exact) mass is 583 g/mol. The van der Waals surface area contributed by atoms with Crippen molar-refractivity contribution in [3.8, 4) is 11.5 Å².